The van der Waals surface area contributed by atoms with Crippen molar-refractivity contribution in [3.05, 3.63) is 170 Å². The maximum atomic E-state index is 5.61. The van der Waals surface area contributed by atoms with Crippen LogP contribution >= 0.6 is 0 Å². The quantitative estimate of drug-likeness (QED) is 0.172. The number of rotatable bonds is 4. The molecule has 250 valence electrons. The van der Waals surface area contributed by atoms with Gasteiger partial charge in [-0.15, -0.1) is 0 Å². The fourth-order valence-corrected chi connectivity index (χ4v) is 12.1. The Morgan fingerprint density at radius 1 is 0.415 bits per heavy atom. The minimum Gasteiger partial charge on any atom is -0.309 e. The summed E-state index contributed by atoms with van der Waals surface area (Å²) >= 11 is 0. The van der Waals surface area contributed by atoms with Crippen LogP contribution in [0, 0.1) is 0 Å². The maximum absolute atomic E-state index is 5.61. The third kappa shape index (κ3) is 4.35. The van der Waals surface area contributed by atoms with Crippen LogP contribution in [-0.4, -0.2) is 27.2 Å². The number of nitrogens with zero attached hydrogens (tertiary/aromatic N) is 4. The van der Waals surface area contributed by atoms with Crippen LogP contribution in [0.25, 0.3) is 88.9 Å². The summed E-state index contributed by atoms with van der Waals surface area (Å²) in [5.74, 6) is 0.707. The average Bonchev–Trinajstić information content (AvgIpc) is 3.81. The molecular weight excluding hydrogens is 661 g/mol. The lowest BCUT2D eigenvalue weighted by molar-refractivity contribution is 1.00. The Hall–Kier alpha value is -6.56. The number of benzene rings is 7. The van der Waals surface area contributed by atoms with Crippen molar-refractivity contribution in [3.8, 4) is 45.3 Å². The predicted molar refractivity (Wildman–Crippen MR) is 224 cm³/mol. The highest BCUT2D eigenvalue weighted by Crippen LogP contribution is 2.39. The SMILES string of the molecule is C[Si]1(C)c2ccccc2-c2nc(-n3c4ccccc4c4ccccc43)nc(-c3ccc4c(c3)c3ccccc3n4-c3ccc(-c4ccccc4)cc3)c21. The first kappa shape index (κ1) is 30.1. The molecule has 0 radical (unpaired) electrons. The molecule has 0 atom stereocenters. The summed E-state index contributed by atoms with van der Waals surface area (Å²) in [5, 5.41) is 7.57. The second kappa shape index (κ2) is 11.2. The summed E-state index contributed by atoms with van der Waals surface area (Å²) in [6, 6.07) is 61.3. The van der Waals surface area contributed by atoms with Crippen molar-refractivity contribution in [1.82, 2.24) is 19.1 Å². The molecule has 0 N–H and O–H groups in total. The highest BCUT2D eigenvalue weighted by molar-refractivity contribution is 7.04. The Kier molecular flexibility index (Phi) is 6.37. The standard InChI is InChI=1S/C48H34N4Si/c1-53(2)44-23-13-9-19-38(44)46-47(53)45(49-48(50-46)52-41-21-11-6-16-35(41)36-17-7-12-22-42(36)52)33-26-29-43-39(30-33)37-18-8-10-20-40(37)51(43)34-27-24-32(25-28-34)31-14-4-3-5-15-31/h3-30H,1-2H3. The van der Waals surface area contributed by atoms with Gasteiger partial charge >= 0.3 is 0 Å². The van der Waals surface area contributed by atoms with E-state index in [0.29, 0.717) is 5.95 Å². The van der Waals surface area contributed by atoms with Crippen molar-refractivity contribution in [2.45, 2.75) is 13.1 Å². The largest absolute Gasteiger partial charge is 0.309 e. The van der Waals surface area contributed by atoms with Crippen LogP contribution in [0.5, 0.6) is 0 Å². The van der Waals surface area contributed by atoms with Crippen LogP contribution in [0.4, 0.5) is 0 Å². The molecule has 53 heavy (non-hydrogen) atoms. The van der Waals surface area contributed by atoms with Gasteiger partial charge in [-0.25, -0.2) is 9.97 Å². The first-order valence-corrected chi connectivity index (χ1v) is 21.3. The Labute approximate surface area is 308 Å². The molecule has 10 aromatic rings. The second-order valence-electron chi connectivity index (χ2n) is 14.6. The molecule has 0 saturated carbocycles. The minimum atomic E-state index is -2.17. The number of aromatic nitrogens is 4. The predicted octanol–water partition coefficient (Wildman–Crippen LogP) is 10.8. The molecule has 11 rings (SSSR count). The lowest BCUT2D eigenvalue weighted by Gasteiger charge is -2.22. The van der Waals surface area contributed by atoms with E-state index in [1.807, 2.05) is 0 Å². The molecule has 0 unspecified atom stereocenters. The lowest BCUT2D eigenvalue weighted by atomic mass is 10.0. The minimum absolute atomic E-state index is 0.707. The van der Waals surface area contributed by atoms with E-state index in [4.69, 9.17) is 9.97 Å². The summed E-state index contributed by atoms with van der Waals surface area (Å²) in [7, 11) is -2.17. The van der Waals surface area contributed by atoms with Gasteiger partial charge in [0.2, 0.25) is 5.95 Å². The van der Waals surface area contributed by atoms with Crippen molar-refractivity contribution in [2.24, 2.45) is 0 Å². The molecule has 0 saturated heterocycles. The molecule has 7 aromatic carbocycles. The zero-order valence-electron chi connectivity index (χ0n) is 29.5. The Morgan fingerprint density at radius 2 is 0.925 bits per heavy atom. The fourth-order valence-electron chi connectivity index (χ4n) is 8.88. The zero-order chi connectivity index (χ0) is 35.3. The van der Waals surface area contributed by atoms with E-state index >= 15 is 0 Å². The smallest absolute Gasteiger partial charge is 0.235 e. The van der Waals surface area contributed by atoms with Gasteiger partial charge in [-0.1, -0.05) is 140 Å². The highest BCUT2D eigenvalue weighted by Gasteiger charge is 2.42. The molecule has 5 heteroatoms. The molecule has 4 heterocycles. The third-order valence-electron chi connectivity index (χ3n) is 11.3. The molecule has 3 aromatic heterocycles. The van der Waals surface area contributed by atoms with Gasteiger partial charge in [0.25, 0.3) is 0 Å². The van der Waals surface area contributed by atoms with Crippen molar-refractivity contribution < 1.29 is 0 Å². The van der Waals surface area contributed by atoms with Gasteiger partial charge in [0.05, 0.1) is 33.5 Å². The summed E-state index contributed by atoms with van der Waals surface area (Å²) in [6.07, 6.45) is 0. The van der Waals surface area contributed by atoms with Crippen molar-refractivity contribution in [1.29, 1.82) is 0 Å². The fraction of sp³-hybridized carbons (Fsp3) is 0.0417. The first-order chi connectivity index (χ1) is 26.1. The molecule has 4 nitrogen and oxygen atoms in total. The van der Waals surface area contributed by atoms with Gasteiger partial charge in [0.15, 0.2) is 0 Å². The van der Waals surface area contributed by atoms with Crippen molar-refractivity contribution >= 4 is 62.1 Å². The number of hydrogen-bond acceptors (Lipinski definition) is 2. The number of fused-ring (bicyclic) bond motifs is 9. The maximum Gasteiger partial charge on any atom is 0.235 e. The molecule has 0 amide bonds. The van der Waals surface area contributed by atoms with Crippen molar-refractivity contribution in [3.63, 3.8) is 0 Å². The highest BCUT2D eigenvalue weighted by atomic mass is 28.3. The molecule has 0 fully saturated rings. The Bertz CT molecular complexity index is 3030. The van der Waals surface area contributed by atoms with Crippen LogP contribution in [-0.2, 0) is 0 Å². The van der Waals surface area contributed by atoms with Gasteiger partial charge in [-0.2, -0.15) is 0 Å². The number of para-hydroxylation sites is 3. The Balaban J connectivity index is 1.16. The van der Waals surface area contributed by atoms with Crippen LogP contribution < -0.4 is 10.4 Å². The van der Waals surface area contributed by atoms with Gasteiger partial charge < -0.3 is 4.57 Å². The normalized spacial score (nSPS) is 13.2. The third-order valence-corrected chi connectivity index (χ3v) is 14.8. The molecule has 0 bridgehead atoms. The van der Waals surface area contributed by atoms with E-state index < -0.39 is 8.07 Å². The van der Waals surface area contributed by atoms with E-state index in [0.717, 1.165) is 33.7 Å². The van der Waals surface area contributed by atoms with Gasteiger partial charge in [-0.05, 0) is 69.5 Å². The molecule has 0 spiro atoms. The van der Waals surface area contributed by atoms with Crippen molar-refractivity contribution in [2.75, 3.05) is 0 Å². The van der Waals surface area contributed by atoms with Crippen LogP contribution in [0.2, 0.25) is 13.1 Å². The van der Waals surface area contributed by atoms with Gasteiger partial charge in [0, 0.05) is 32.8 Å². The summed E-state index contributed by atoms with van der Waals surface area (Å²) in [6.45, 7) is 4.91. The molecular formula is C48H34N4Si. The van der Waals surface area contributed by atoms with E-state index in [-0.39, 0.29) is 0 Å². The monoisotopic (exact) mass is 694 g/mol. The lowest BCUT2D eigenvalue weighted by Crippen LogP contribution is -2.50. The Morgan fingerprint density at radius 3 is 1.62 bits per heavy atom. The summed E-state index contributed by atoms with van der Waals surface area (Å²) < 4.78 is 4.65. The van der Waals surface area contributed by atoms with E-state index in [1.165, 1.54) is 59.6 Å². The zero-order valence-corrected chi connectivity index (χ0v) is 30.5. The van der Waals surface area contributed by atoms with E-state index in [9.17, 15) is 0 Å². The van der Waals surface area contributed by atoms with Crippen LogP contribution in [0.3, 0.4) is 0 Å². The topological polar surface area (TPSA) is 35.6 Å². The van der Waals surface area contributed by atoms with E-state index in [2.05, 4.69) is 192 Å². The summed E-state index contributed by atoms with van der Waals surface area (Å²) in [5.41, 5.74) is 12.6. The number of hydrogen-bond donors (Lipinski definition) is 0. The first-order valence-electron chi connectivity index (χ1n) is 18.3. The summed E-state index contributed by atoms with van der Waals surface area (Å²) in [4.78, 5) is 11.1. The molecule has 1 aliphatic heterocycles. The van der Waals surface area contributed by atoms with Gasteiger partial charge in [0.1, 0.15) is 8.07 Å². The van der Waals surface area contributed by atoms with Gasteiger partial charge in [-0.3, -0.25) is 4.57 Å². The van der Waals surface area contributed by atoms with Crippen LogP contribution in [0.1, 0.15) is 0 Å². The molecule has 1 aliphatic rings. The second-order valence-corrected chi connectivity index (χ2v) is 18.9. The average molecular weight is 695 g/mol. The van der Waals surface area contributed by atoms with Crippen LogP contribution in [0.15, 0.2) is 170 Å². The molecule has 0 aliphatic carbocycles. The van der Waals surface area contributed by atoms with E-state index in [1.54, 1.807) is 0 Å².